The van der Waals surface area contributed by atoms with Gasteiger partial charge in [0.15, 0.2) is 0 Å². The summed E-state index contributed by atoms with van der Waals surface area (Å²) in [5.74, 6) is 5.16. The van der Waals surface area contributed by atoms with Gasteiger partial charge in [-0.25, -0.2) is 9.97 Å². The van der Waals surface area contributed by atoms with E-state index in [1.54, 1.807) is 6.33 Å². The van der Waals surface area contributed by atoms with Crippen LogP contribution in [0.2, 0.25) is 0 Å². The Morgan fingerprint density at radius 1 is 0.947 bits per heavy atom. The zero-order valence-electron chi connectivity index (χ0n) is 22.1. The molecule has 1 aromatic heterocycles. The molecule has 8 rings (SSSR count). The number of nitrogens with one attached hydrogen (secondary N) is 1. The first-order valence-electron chi connectivity index (χ1n) is 14.4. The summed E-state index contributed by atoms with van der Waals surface area (Å²) in [6, 6.07) is 18.3. The number of hydrogen-bond acceptors (Lipinski definition) is 6. The summed E-state index contributed by atoms with van der Waals surface area (Å²) in [4.78, 5) is 11.7. The van der Waals surface area contributed by atoms with Gasteiger partial charge in [-0.3, -0.25) is 4.90 Å². The van der Waals surface area contributed by atoms with E-state index < -0.39 is 0 Å². The molecule has 4 aliphatic carbocycles. The molecule has 198 valence electrons. The van der Waals surface area contributed by atoms with E-state index in [-0.39, 0.29) is 11.5 Å². The second-order valence-corrected chi connectivity index (χ2v) is 12.3. The highest BCUT2D eigenvalue weighted by atomic mass is 16.5. The summed E-state index contributed by atoms with van der Waals surface area (Å²) in [5, 5.41) is 14.9. The first kappa shape index (κ1) is 24.1. The lowest BCUT2D eigenvalue weighted by Crippen LogP contribution is -2.53. The highest BCUT2D eigenvalue weighted by Crippen LogP contribution is 2.61. The lowest BCUT2D eigenvalue weighted by atomic mass is 9.48. The van der Waals surface area contributed by atoms with Crippen molar-refractivity contribution in [3.8, 4) is 11.5 Å². The van der Waals surface area contributed by atoms with Gasteiger partial charge in [0.1, 0.15) is 23.6 Å². The van der Waals surface area contributed by atoms with Crippen LogP contribution in [0.5, 0.6) is 11.5 Å². The monoisotopic (exact) mass is 510 g/mol. The fourth-order valence-corrected chi connectivity index (χ4v) is 8.28. The normalized spacial score (nSPS) is 28.6. The van der Waals surface area contributed by atoms with Gasteiger partial charge in [-0.1, -0.05) is 30.3 Å². The number of aromatic nitrogens is 2. The molecule has 0 radical (unpaired) electrons. The molecule has 0 amide bonds. The van der Waals surface area contributed by atoms with Crippen molar-refractivity contribution in [2.45, 2.75) is 64.1 Å². The van der Waals surface area contributed by atoms with Gasteiger partial charge in [-0.2, -0.15) is 0 Å². The summed E-state index contributed by atoms with van der Waals surface area (Å²) in [7, 11) is 0. The molecule has 3 aromatic rings. The summed E-state index contributed by atoms with van der Waals surface area (Å²) in [6.45, 7) is 3.20. The fraction of sp³-hybridized carbons (Fsp3) is 0.500. The molecule has 2 heterocycles. The maximum atomic E-state index is 11.4. The van der Waals surface area contributed by atoms with E-state index in [4.69, 9.17) is 4.74 Å². The van der Waals surface area contributed by atoms with E-state index >= 15 is 0 Å². The third kappa shape index (κ3) is 4.80. The molecule has 4 saturated carbocycles. The van der Waals surface area contributed by atoms with E-state index in [9.17, 15) is 5.11 Å². The minimum absolute atomic E-state index is 0.129. The number of nitrogens with zero attached hydrogens (tertiary/aromatic N) is 3. The van der Waals surface area contributed by atoms with Crippen LogP contribution in [0.1, 0.15) is 55.3 Å². The molecule has 4 fully saturated rings. The molecule has 1 aliphatic heterocycles. The van der Waals surface area contributed by atoms with Crippen molar-refractivity contribution in [1.29, 1.82) is 0 Å². The molecule has 1 unspecified atom stereocenters. The zero-order chi connectivity index (χ0) is 25.5. The van der Waals surface area contributed by atoms with Gasteiger partial charge in [0.2, 0.25) is 0 Å². The Kier molecular flexibility index (Phi) is 6.33. The average molecular weight is 511 g/mol. The molecule has 38 heavy (non-hydrogen) atoms. The first-order chi connectivity index (χ1) is 18.6. The molecular formula is C32H38N4O2. The lowest BCUT2D eigenvalue weighted by molar-refractivity contribution is -0.115. The van der Waals surface area contributed by atoms with Crippen LogP contribution in [0.15, 0.2) is 60.9 Å². The number of aliphatic hydroxyl groups excluding tert-OH is 1. The second kappa shape index (κ2) is 9.97. The van der Waals surface area contributed by atoms with Crippen LogP contribution < -0.4 is 10.1 Å². The summed E-state index contributed by atoms with van der Waals surface area (Å²) in [5.41, 5.74) is 3.66. The number of aliphatic hydroxyl groups is 1. The number of rotatable bonds is 8. The van der Waals surface area contributed by atoms with Crippen LogP contribution in [0.3, 0.4) is 0 Å². The van der Waals surface area contributed by atoms with Crippen LogP contribution >= 0.6 is 0 Å². The van der Waals surface area contributed by atoms with E-state index in [1.807, 2.05) is 36.4 Å². The second-order valence-electron chi connectivity index (χ2n) is 12.3. The Hall–Kier alpha value is -2.96. The molecular weight excluding hydrogens is 472 g/mol. The van der Waals surface area contributed by atoms with Crippen LogP contribution in [0.25, 0.3) is 0 Å². The van der Waals surface area contributed by atoms with Crippen molar-refractivity contribution in [2.24, 2.45) is 23.2 Å². The third-order valence-electron chi connectivity index (χ3n) is 9.62. The van der Waals surface area contributed by atoms with Crippen molar-refractivity contribution >= 4 is 5.82 Å². The van der Waals surface area contributed by atoms with E-state index in [2.05, 4.69) is 38.4 Å². The van der Waals surface area contributed by atoms with Crippen molar-refractivity contribution < 1.29 is 9.84 Å². The van der Waals surface area contributed by atoms with Gasteiger partial charge < -0.3 is 15.2 Å². The number of benzene rings is 2. The Balaban J connectivity index is 0.986. The fourth-order valence-electron chi connectivity index (χ4n) is 8.28. The number of para-hydroxylation sites is 1. The summed E-state index contributed by atoms with van der Waals surface area (Å²) >= 11 is 0. The van der Waals surface area contributed by atoms with E-state index in [0.29, 0.717) is 6.54 Å². The third-order valence-corrected chi connectivity index (χ3v) is 9.62. The smallest absolute Gasteiger partial charge is 0.133 e. The molecule has 1 atom stereocenters. The van der Waals surface area contributed by atoms with Crippen LogP contribution in [-0.4, -0.2) is 39.2 Å². The molecule has 5 aliphatic rings. The Morgan fingerprint density at radius 2 is 1.68 bits per heavy atom. The quantitative estimate of drug-likeness (QED) is 0.398. The van der Waals surface area contributed by atoms with Crippen molar-refractivity contribution in [3.63, 3.8) is 0 Å². The number of ether oxygens (including phenoxy) is 1. The molecule has 0 saturated heterocycles. The van der Waals surface area contributed by atoms with Crippen molar-refractivity contribution in [3.05, 3.63) is 77.7 Å². The molecule has 4 bridgehead atoms. The van der Waals surface area contributed by atoms with Crippen LogP contribution in [0.4, 0.5) is 5.82 Å². The van der Waals surface area contributed by atoms with E-state index in [1.165, 1.54) is 49.7 Å². The van der Waals surface area contributed by atoms with Gasteiger partial charge in [-0.05, 0) is 97.9 Å². The van der Waals surface area contributed by atoms with Gasteiger partial charge in [0.25, 0.3) is 0 Å². The number of hydrogen-bond donors (Lipinski definition) is 2. The predicted octanol–water partition coefficient (Wildman–Crippen LogP) is 5.82. The largest absolute Gasteiger partial charge is 0.457 e. The predicted molar refractivity (Wildman–Crippen MR) is 148 cm³/mol. The van der Waals surface area contributed by atoms with Gasteiger partial charge in [0.05, 0.1) is 11.8 Å². The van der Waals surface area contributed by atoms with Crippen molar-refractivity contribution in [1.82, 2.24) is 14.9 Å². The van der Waals surface area contributed by atoms with Crippen LogP contribution in [-0.2, 0) is 19.5 Å². The maximum Gasteiger partial charge on any atom is 0.133 e. The summed E-state index contributed by atoms with van der Waals surface area (Å²) < 4.78 is 6.04. The number of anilines is 1. The first-order valence-corrected chi connectivity index (χ1v) is 14.4. The standard InChI is InChI=1S/C32H38N4O2/c37-30(32-15-23-11-24(16-32)13-25(12-23)17-32)18-33-31-28-9-10-36(20-29(28)34-21-35-31)19-22-5-4-8-27(14-22)38-26-6-2-1-3-7-26/h1-8,14,21,23-25,30,37H,9-13,15-20H2,(H,33,34,35). The average Bonchev–Trinajstić information content (AvgIpc) is 2.91. The topological polar surface area (TPSA) is 70.5 Å². The van der Waals surface area contributed by atoms with Gasteiger partial charge in [-0.15, -0.1) is 0 Å². The minimum atomic E-state index is -0.299. The Labute approximate surface area is 225 Å². The maximum absolute atomic E-state index is 11.4. The SMILES string of the molecule is OC(CNc1ncnc2c1CCN(Cc1cccc(Oc3ccccc3)c1)C2)C12CC3CC(CC(C3)C1)C2. The molecule has 0 spiro atoms. The highest BCUT2D eigenvalue weighted by molar-refractivity contribution is 5.47. The molecule has 6 nitrogen and oxygen atoms in total. The highest BCUT2D eigenvalue weighted by Gasteiger charge is 2.53. The van der Waals surface area contributed by atoms with Crippen LogP contribution in [0, 0.1) is 23.2 Å². The summed E-state index contributed by atoms with van der Waals surface area (Å²) in [6.07, 6.45) is 10.1. The van der Waals surface area contributed by atoms with Gasteiger partial charge >= 0.3 is 0 Å². The Morgan fingerprint density at radius 3 is 2.45 bits per heavy atom. The molecule has 6 heteroatoms. The van der Waals surface area contributed by atoms with E-state index in [0.717, 1.165) is 66.8 Å². The van der Waals surface area contributed by atoms with Gasteiger partial charge in [0, 0.05) is 31.7 Å². The number of fused-ring (bicyclic) bond motifs is 1. The molecule has 2 N–H and O–H groups in total. The minimum Gasteiger partial charge on any atom is -0.457 e. The Bertz CT molecular complexity index is 1240. The van der Waals surface area contributed by atoms with Crippen molar-refractivity contribution in [2.75, 3.05) is 18.4 Å². The lowest BCUT2D eigenvalue weighted by Gasteiger charge is -2.58. The zero-order valence-corrected chi connectivity index (χ0v) is 22.1. The molecule has 2 aromatic carbocycles.